The summed E-state index contributed by atoms with van der Waals surface area (Å²) in [7, 11) is -3.61. The highest BCUT2D eigenvalue weighted by atomic mass is 32.2. The fraction of sp³-hybridized carbons (Fsp3) is 0.524. The van der Waals surface area contributed by atoms with Crippen molar-refractivity contribution in [3.8, 4) is 0 Å². The lowest BCUT2D eigenvalue weighted by Gasteiger charge is -2.37. The lowest BCUT2D eigenvalue weighted by atomic mass is 9.82. The quantitative estimate of drug-likeness (QED) is 0.751. The SMILES string of the molecule is Cc1ccc(S(=O)(=O)N2CCN(C(=O)[C@H]3[C@H](C(=O)O)[C@H]4C=C[C@H]3C4)CC2)cc1C. The van der Waals surface area contributed by atoms with Gasteiger partial charge in [0.15, 0.2) is 0 Å². The van der Waals surface area contributed by atoms with Crippen LogP contribution in [0.15, 0.2) is 35.2 Å². The van der Waals surface area contributed by atoms with E-state index in [1.165, 1.54) is 4.31 Å². The minimum absolute atomic E-state index is 0.0223. The van der Waals surface area contributed by atoms with Crippen molar-refractivity contribution in [2.24, 2.45) is 23.7 Å². The highest BCUT2D eigenvalue weighted by Crippen LogP contribution is 2.48. The van der Waals surface area contributed by atoms with Gasteiger partial charge in [0.05, 0.1) is 16.7 Å². The summed E-state index contributed by atoms with van der Waals surface area (Å²) in [5, 5.41) is 9.58. The number of fused-ring (bicyclic) bond motifs is 2. The smallest absolute Gasteiger partial charge is 0.307 e. The number of aryl methyl sites for hydroxylation is 2. The molecule has 2 bridgehead atoms. The Morgan fingerprint density at radius 3 is 2.17 bits per heavy atom. The first-order valence-corrected chi connectivity index (χ1v) is 11.4. The third kappa shape index (κ3) is 3.38. The third-order valence-corrected chi connectivity index (χ3v) is 8.59. The summed E-state index contributed by atoms with van der Waals surface area (Å²) in [5.41, 5.74) is 1.95. The van der Waals surface area contributed by atoms with E-state index < -0.39 is 27.8 Å². The minimum Gasteiger partial charge on any atom is -0.481 e. The van der Waals surface area contributed by atoms with Crippen molar-refractivity contribution >= 4 is 21.9 Å². The van der Waals surface area contributed by atoms with Crippen LogP contribution in [0.4, 0.5) is 0 Å². The van der Waals surface area contributed by atoms with Crippen LogP contribution in [0.25, 0.3) is 0 Å². The molecule has 1 aromatic carbocycles. The van der Waals surface area contributed by atoms with Gasteiger partial charge in [0, 0.05) is 26.2 Å². The summed E-state index contributed by atoms with van der Waals surface area (Å²) < 4.78 is 27.3. The predicted octanol–water partition coefficient (Wildman–Crippen LogP) is 1.66. The highest BCUT2D eigenvalue weighted by molar-refractivity contribution is 7.89. The van der Waals surface area contributed by atoms with Gasteiger partial charge < -0.3 is 10.0 Å². The van der Waals surface area contributed by atoms with Gasteiger partial charge in [0.1, 0.15) is 0 Å². The molecule has 7 nitrogen and oxygen atoms in total. The number of carboxylic acids is 1. The van der Waals surface area contributed by atoms with Gasteiger partial charge in [-0.1, -0.05) is 18.2 Å². The van der Waals surface area contributed by atoms with E-state index in [0.717, 1.165) is 11.1 Å². The van der Waals surface area contributed by atoms with E-state index in [0.29, 0.717) is 6.42 Å². The molecule has 4 rings (SSSR count). The first-order valence-electron chi connectivity index (χ1n) is 9.97. The number of carbonyl (C=O) groups is 2. The summed E-state index contributed by atoms with van der Waals surface area (Å²) in [6.07, 6.45) is 4.60. The normalized spacial score (nSPS) is 29.4. The molecule has 2 fully saturated rings. The van der Waals surface area contributed by atoms with E-state index in [-0.39, 0.29) is 48.8 Å². The molecule has 0 aromatic heterocycles. The number of nitrogens with zero attached hydrogens (tertiary/aromatic N) is 2. The van der Waals surface area contributed by atoms with E-state index >= 15 is 0 Å². The van der Waals surface area contributed by atoms with Gasteiger partial charge in [-0.05, 0) is 55.4 Å². The molecule has 1 aliphatic heterocycles. The fourth-order valence-electron chi connectivity index (χ4n) is 4.88. The molecule has 0 spiro atoms. The molecular formula is C21H26N2O5S. The Bertz CT molecular complexity index is 979. The number of hydrogen-bond acceptors (Lipinski definition) is 4. The van der Waals surface area contributed by atoms with E-state index in [1.807, 2.05) is 26.0 Å². The molecule has 0 unspecified atom stereocenters. The van der Waals surface area contributed by atoms with Crippen LogP contribution in [0.3, 0.4) is 0 Å². The van der Waals surface area contributed by atoms with E-state index in [4.69, 9.17) is 0 Å². The largest absolute Gasteiger partial charge is 0.481 e. The van der Waals surface area contributed by atoms with Crippen molar-refractivity contribution in [2.45, 2.75) is 25.2 Å². The van der Waals surface area contributed by atoms with Gasteiger partial charge in [-0.15, -0.1) is 0 Å². The van der Waals surface area contributed by atoms with Crippen LogP contribution < -0.4 is 0 Å². The average Bonchev–Trinajstić information content (AvgIpc) is 3.31. The second kappa shape index (κ2) is 7.25. The summed E-state index contributed by atoms with van der Waals surface area (Å²) in [6.45, 7) is 4.82. The molecule has 8 heteroatoms. The molecule has 1 amide bonds. The highest BCUT2D eigenvalue weighted by Gasteiger charge is 2.52. The van der Waals surface area contributed by atoms with Gasteiger partial charge in [-0.25, -0.2) is 8.42 Å². The summed E-state index contributed by atoms with van der Waals surface area (Å²) in [4.78, 5) is 26.7. The van der Waals surface area contributed by atoms with Gasteiger partial charge in [-0.3, -0.25) is 9.59 Å². The Hall–Kier alpha value is -2.19. The molecule has 2 aliphatic carbocycles. The molecular weight excluding hydrogens is 392 g/mol. The molecule has 1 saturated carbocycles. The summed E-state index contributed by atoms with van der Waals surface area (Å²) in [5.74, 6) is -2.38. The first-order chi connectivity index (χ1) is 13.7. The minimum atomic E-state index is -3.61. The van der Waals surface area contributed by atoms with Crippen molar-refractivity contribution in [2.75, 3.05) is 26.2 Å². The topological polar surface area (TPSA) is 95.0 Å². The van der Waals surface area contributed by atoms with Gasteiger partial charge >= 0.3 is 5.97 Å². The summed E-state index contributed by atoms with van der Waals surface area (Å²) >= 11 is 0. The van der Waals surface area contributed by atoms with Crippen molar-refractivity contribution in [3.63, 3.8) is 0 Å². The zero-order valence-corrected chi connectivity index (χ0v) is 17.4. The molecule has 1 saturated heterocycles. The molecule has 29 heavy (non-hydrogen) atoms. The molecule has 156 valence electrons. The maximum atomic E-state index is 13.1. The standard InChI is InChI=1S/C21H26N2O5S/c1-13-3-6-17(11-14(13)2)29(27,28)23-9-7-22(8-10-23)20(24)18-15-4-5-16(12-15)19(18)21(25)26/h3-6,11,15-16,18-19H,7-10,12H2,1-2H3,(H,25,26)/t15-,16-,18+,19+/m0/s1. The predicted molar refractivity (Wildman–Crippen MR) is 107 cm³/mol. The van der Waals surface area contributed by atoms with Crippen molar-refractivity contribution in [1.82, 2.24) is 9.21 Å². The zero-order chi connectivity index (χ0) is 20.9. The second-order valence-corrected chi connectivity index (χ2v) is 10.3. The molecule has 3 aliphatic rings. The monoisotopic (exact) mass is 418 g/mol. The zero-order valence-electron chi connectivity index (χ0n) is 16.6. The fourth-order valence-corrected chi connectivity index (χ4v) is 6.39. The number of hydrogen-bond donors (Lipinski definition) is 1. The van der Waals surface area contributed by atoms with Crippen LogP contribution in [-0.4, -0.2) is 60.8 Å². The molecule has 0 radical (unpaired) electrons. The van der Waals surface area contributed by atoms with Crippen LogP contribution in [0, 0.1) is 37.5 Å². The van der Waals surface area contributed by atoms with Crippen LogP contribution in [-0.2, 0) is 19.6 Å². The maximum absolute atomic E-state index is 13.1. The van der Waals surface area contributed by atoms with Crippen LogP contribution >= 0.6 is 0 Å². The van der Waals surface area contributed by atoms with Crippen molar-refractivity contribution in [1.29, 1.82) is 0 Å². The van der Waals surface area contributed by atoms with E-state index in [1.54, 1.807) is 23.1 Å². The van der Waals surface area contributed by atoms with Gasteiger partial charge in [0.2, 0.25) is 15.9 Å². The number of benzene rings is 1. The number of rotatable bonds is 4. The maximum Gasteiger partial charge on any atom is 0.307 e. The molecule has 1 N–H and O–H groups in total. The number of carbonyl (C=O) groups excluding carboxylic acids is 1. The number of sulfonamides is 1. The lowest BCUT2D eigenvalue weighted by Crippen LogP contribution is -2.53. The molecule has 1 aromatic rings. The number of aliphatic carboxylic acids is 1. The molecule has 4 atom stereocenters. The van der Waals surface area contributed by atoms with Crippen LogP contribution in [0.2, 0.25) is 0 Å². The van der Waals surface area contributed by atoms with Crippen LogP contribution in [0.5, 0.6) is 0 Å². The van der Waals surface area contributed by atoms with Gasteiger partial charge in [-0.2, -0.15) is 4.31 Å². The number of carboxylic acid groups (broad SMARTS) is 1. The van der Waals surface area contributed by atoms with E-state index in [9.17, 15) is 23.1 Å². The van der Waals surface area contributed by atoms with Crippen molar-refractivity contribution < 1.29 is 23.1 Å². The first kappa shape index (κ1) is 20.1. The van der Waals surface area contributed by atoms with Crippen LogP contribution in [0.1, 0.15) is 17.5 Å². The van der Waals surface area contributed by atoms with Gasteiger partial charge in [0.25, 0.3) is 0 Å². The Morgan fingerprint density at radius 2 is 1.59 bits per heavy atom. The Labute approximate surface area is 171 Å². The lowest BCUT2D eigenvalue weighted by molar-refractivity contribution is -0.151. The second-order valence-electron chi connectivity index (χ2n) is 8.31. The van der Waals surface area contributed by atoms with E-state index in [2.05, 4.69) is 0 Å². The Morgan fingerprint density at radius 1 is 0.966 bits per heavy atom. The number of amides is 1. The Kier molecular flexibility index (Phi) is 5.02. The number of allylic oxidation sites excluding steroid dienone is 2. The Balaban J connectivity index is 1.45. The van der Waals surface area contributed by atoms with Crippen molar-refractivity contribution in [3.05, 3.63) is 41.5 Å². The number of piperazine rings is 1. The third-order valence-electron chi connectivity index (χ3n) is 6.70. The summed E-state index contributed by atoms with van der Waals surface area (Å²) in [6, 6.07) is 5.10. The average molecular weight is 419 g/mol. The molecule has 1 heterocycles.